The highest BCUT2D eigenvalue weighted by Gasteiger charge is 2.30. The first kappa shape index (κ1) is 35.1. The van der Waals surface area contributed by atoms with Crippen molar-refractivity contribution in [3.05, 3.63) is 64.9 Å². The molecule has 1 saturated carbocycles. The van der Waals surface area contributed by atoms with E-state index in [4.69, 9.17) is 14.2 Å². The fourth-order valence-corrected chi connectivity index (χ4v) is 5.54. The Kier molecular flexibility index (Phi) is 9.79. The maximum absolute atomic E-state index is 15.6. The number of amides is 1. The number of hydrogen-bond acceptors (Lipinski definition) is 7. The van der Waals surface area contributed by atoms with Gasteiger partial charge in [-0.15, -0.1) is 0 Å². The summed E-state index contributed by atoms with van der Waals surface area (Å²) in [5.41, 5.74) is 3.13. The Bertz CT molecular complexity index is 1800. The number of hydrogen-bond donors (Lipinski definition) is 1. The van der Waals surface area contributed by atoms with Crippen LogP contribution >= 0.6 is 0 Å². The van der Waals surface area contributed by atoms with Crippen LogP contribution in [0.25, 0.3) is 16.8 Å². The van der Waals surface area contributed by atoms with Crippen LogP contribution in [-0.2, 0) is 24.8 Å². The Hall–Kier alpha value is -4.19. The van der Waals surface area contributed by atoms with Gasteiger partial charge >= 0.3 is 6.09 Å². The van der Waals surface area contributed by atoms with Crippen molar-refractivity contribution < 1.29 is 32.9 Å². The molecule has 0 spiro atoms. The van der Waals surface area contributed by atoms with Gasteiger partial charge in [-0.1, -0.05) is 20.8 Å². The van der Waals surface area contributed by atoms with Gasteiger partial charge in [0.25, 0.3) is 0 Å². The van der Waals surface area contributed by atoms with Crippen molar-refractivity contribution in [2.45, 2.75) is 98.5 Å². The molecular formula is C36H47F2N5O5. The minimum atomic E-state index is -1.11. The van der Waals surface area contributed by atoms with Gasteiger partial charge in [-0.3, -0.25) is 9.08 Å². The zero-order chi connectivity index (χ0) is 35.1. The second kappa shape index (κ2) is 13.4. The van der Waals surface area contributed by atoms with Gasteiger partial charge in [0.1, 0.15) is 11.7 Å². The number of aryl methyl sites for hydroxylation is 1. The lowest BCUT2D eigenvalue weighted by Gasteiger charge is -2.27. The van der Waals surface area contributed by atoms with Crippen molar-refractivity contribution in [1.29, 1.82) is 0 Å². The lowest BCUT2D eigenvalue weighted by molar-refractivity contribution is 0.0282. The van der Waals surface area contributed by atoms with Gasteiger partial charge in [-0.25, -0.2) is 14.2 Å². The molecule has 1 atom stereocenters. The molecule has 0 saturated heterocycles. The quantitative estimate of drug-likeness (QED) is 0.189. The topological polar surface area (TPSA) is 103 Å². The summed E-state index contributed by atoms with van der Waals surface area (Å²) in [4.78, 5) is 18.8. The van der Waals surface area contributed by atoms with Gasteiger partial charge in [0.15, 0.2) is 23.0 Å². The summed E-state index contributed by atoms with van der Waals surface area (Å²) in [6, 6.07) is 4.32. The molecule has 1 aliphatic carbocycles. The summed E-state index contributed by atoms with van der Waals surface area (Å²) in [5.74, 6) is -1.89. The average Bonchev–Trinajstić information content (AvgIpc) is 3.50. The third-order valence-corrected chi connectivity index (χ3v) is 8.63. The summed E-state index contributed by atoms with van der Waals surface area (Å²) in [5, 5.41) is 15.6. The molecule has 1 amide bonds. The lowest BCUT2D eigenvalue weighted by atomic mass is 9.85. The van der Waals surface area contributed by atoms with Crippen molar-refractivity contribution in [3.8, 4) is 22.6 Å². The van der Waals surface area contributed by atoms with Crippen molar-refractivity contribution in [1.82, 2.24) is 24.1 Å². The molecule has 260 valence electrons. The molecule has 10 nitrogen and oxygen atoms in total. The molecule has 0 radical (unpaired) electrons. The molecule has 1 N–H and O–H groups in total. The van der Waals surface area contributed by atoms with Crippen LogP contribution in [0.3, 0.4) is 0 Å². The van der Waals surface area contributed by atoms with E-state index in [0.29, 0.717) is 40.3 Å². The van der Waals surface area contributed by atoms with Gasteiger partial charge in [0.05, 0.1) is 36.8 Å². The molecule has 12 heteroatoms. The molecule has 1 aliphatic rings. The normalized spacial score (nSPS) is 14.6. The van der Waals surface area contributed by atoms with Gasteiger partial charge in [-0.2, -0.15) is 9.49 Å². The van der Waals surface area contributed by atoms with E-state index in [9.17, 15) is 14.3 Å². The number of aromatic nitrogens is 4. The van der Waals surface area contributed by atoms with E-state index in [1.807, 2.05) is 27.7 Å². The molecule has 1 aromatic carbocycles. The summed E-state index contributed by atoms with van der Waals surface area (Å²) < 4.78 is 51.7. The highest BCUT2D eigenvalue weighted by Crippen LogP contribution is 2.39. The third kappa shape index (κ3) is 7.43. The van der Waals surface area contributed by atoms with Crippen LogP contribution in [0.15, 0.2) is 30.6 Å². The average molecular weight is 668 g/mol. The van der Waals surface area contributed by atoms with Gasteiger partial charge in [-0.05, 0) is 70.6 Å². The van der Waals surface area contributed by atoms with E-state index in [1.54, 1.807) is 62.4 Å². The van der Waals surface area contributed by atoms with E-state index < -0.39 is 34.8 Å². The number of rotatable bonds is 10. The molecule has 3 aromatic heterocycles. The predicted octanol–water partition coefficient (Wildman–Crippen LogP) is 7.32. The molecule has 0 aliphatic heterocycles. The zero-order valence-corrected chi connectivity index (χ0v) is 29.4. The second-order valence-corrected chi connectivity index (χ2v) is 14.7. The number of benzene rings is 1. The number of imidazole rings is 1. The van der Waals surface area contributed by atoms with E-state index in [-0.39, 0.29) is 25.0 Å². The lowest BCUT2D eigenvalue weighted by Crippen LogP contribution is -2.34. The Labute approximate surface area is 280 Å². The Balaban J connectivity index is 1.50. The monoisotopic (exact) mass is 667 g/mol. The van der Waals surface area contributed by atoms with Gasteiger partial charge in [0.2, 0.25) is 5.82 Å². The third-order valence-electron chi connectivity index (χ3n) is 8.63. The molecule has 5 rings (SSSR count). The first-order valence-electron chi connectivity index (χ1n) is 16.4. The molecule has 3 heterocycles. The van der Waals surface area contributed by atoms with Crippen LogP contribution in [0.4, 0.5) is 13.6 Å². The van der Waals surface area contributed by atoms with Crippen LogP contribution in [0.2, 0.25) is 0 Å². The van der Waals surface area contributed by atoms with E-state index in [0.717, 1.165) is 36.6 Å². The minimum Gasteiger partial charge on any atom is -0.489 e. The summed E-state index contributed by atoms with van der Waals surface area (Å²) in [6.45, 7) is 13.3. The number of aliphatic hydroxyl groups excluding tert-OH is 1. The first-order valence-corrected chi connectivity index (χ1v) is 16.4. The van der Waals surface area contributed by atoms with E-state index in [1.165, 1.54) is 11.0 Å². The smallest absolute Gasteiger partial charge is 0.410 e. The molecule has 1 unspecified atom stereocenters. The number of fused-ring (bicyclic) bond motifs is 1. The first-order chi connectivity index (χ1) is 22.4. The largest absolute Gasteiger partial charge is 0.489 e. The second-order valence-electron chi connectivity index (χ2n) is 14.7. The predicted molar refractivity (Wildman–Crippen MR) is 178 cm³/mol. The summed E-state index contributed by atoms with van der Waals surface area (Å²) in [6.07, 6.45) is 5.32. The molecular weight excluding hydrogens is 620 g/mol. The standard InChI is InChI=1S/C36H47F2N5O5/c1-21-25(30(40-42(21)9)32(44)35(2,3)4)15-16-46-31-26(13-14-27(37)29(31)38)22-17-28(47-24-11-10-12-24)33-39-18-23(43(33)19-22)20-41(8)34(45)48-36(5,6)7/h13-14,17-19,24,32,44H,10-12,15-16,20H2,1-9H3. The maximum Gasteiger partial charge on any atom is 0.410 e. The SMILES string of the molecule is Cc1c(CCOc2c(-c3cc(OC4CCC4)c4ncc(CN(C)C(=O)OC(C)(C)C)n4c3)ccc(F)c2F)c(C(O)C(C)(C)C)nn1C. The van der Waals surface area contributed by atoms with Crippen LogP contribution in [0.5, 0.6) is 11.5 Å². The minimum absolute atomic E-state index is 0.00839. The fraction of sp³-hybridized carbons (Fsp3) is 0.528. The Morgan fingerprint density at radius 1 is 1.17 bits per heavy atom. The molecule has 1 fully saturated rings. The molecule has 48 heavy (non-hydrogen) atoms. The number of carbonyl (C=O) groups is 1. The van der Waals surface area contributed by atoms with Gasteiger partial charge in [0, 0.05) is 49.1 Å². The number of carbonyl (C=O) groups excluding carboxylic acids is 1. The number of nitrogens with zero attached hydrogens (tertiary/aromatic N) is 5. The summed E-state index contributed by atoms with van der Waals surface area (Å²) >= 11 is 0. The van der Waals surface area contributed by atoms with Crippen LogP contribution in [0, 0.1) is 24.0 Å². The van der Waals surface area contributed by atoms with E-state index >= 15 is 4.39 Å². The number of halogens is 2. The van der Waals surface area contributed by atoms with Crippen LogP contribution in [0.1, 0.15) is 89.6 Å². The summed E-state index contributed by atoms with van der Waals surface area (Å²) in [7, 11) is 3.44. The van der Waals surface area contributed by atoms with E-state index in [2.05, 4.69) is 10.1 Å². The Morgan fingerprint density at radius 3 is 2.50 bits per heavy atom. The maximum atomic E-state index is 15.6. The fourth-order valence-electron chi connectivity index (χ4n) is 5.54. The molecule has 4 aromatic rings. The van der Waals surface area contributed by atoms with Gasteiger partial charge < -0.3 is 24.2 Å². The number of aliphatic hydroxyl groups is 1. The highest BCUT2D eigenvalue weighted by molar-refractivity contribution is 5.75. The van der Waals surface area contributed by atoms with Crippen LogP contribution in [-0.4, -0.2) is 60.6 Å². The van der Waals surface area contributed by atoms with Crippen LogP contribution < -0.4 is 9.47 Å². The van der Waals surface area contributed by atoms with Crippen molar-refractivity contribution in [2.75, 3.05) is 13.7 Å². The molecule has 0 bridgehead atoms. The Morgan fingerprint density at radius 2 is 1.88 bits per heavy atom. The van der Waals surface area contributed by atoms with Crippen molar-refractivity contribution >= 4 is 11.7 Å². The van der Waals surface area contributed by atoms with Crippen molar-refractivity contribution in [2.24, 2.45) is 12.5 Å². The number of ether oxygens (including phenoxy) is 3. The highest BCUT2D eigenvalue weighted by atomic mass is 19.2. The van der Waals surface area contributed by atoms with Crippen molar-refractivity contribution in [3.63, 3.8) is 0 Å². The zero-order valence-electron chi connectivity index (χ0n) is 29.4. The number of pyridine rings is 1.